The van der Waals surface area contributed by atoms with Crippen molar-refractivity contribution in [3.05, 3.63) is 29.8 Å². The highest BCUT2D eigenvalue weighted by Crippen LogP contribution is 2.20. The fraction of sp³-hybridized carbons (Fsp3) is 0.533. The average molecular weight is 265 g/mol. The van der Waals surface area contributed by atoms with Crippen LogP contribution in [0.2, 0.25) is 0 Å². The third-order valence-electron chi connectivity index (χ3n) is 3.20. The molecule has 0 bridgehead atoms. The van der Waals surface area contributed by atoms with Crippen molar-refractivity contribution in [2.45, 2.75) is 26.8 Å². The van der Waals surface area contributed by atoms with E-state index in [1.165, 1.54) is 7.11 Å². The molecule has 1 N–H and O–H groups in total. The molecule has 0 aromatic heterocycles. The van der Waals surface area contributed by atoms with Crippen LogP contribution in [0.1, 0.15) is 32.4 Å². The van der Waals surface area contributed by atoms with Gasteiger partial charge in [0.1, 0.15) is 5.75 Å². The van der Waals surface area contributed by atoms with Gasteiger partial charge in [-0.3, -0.25) is 4.79 Å². The maximum absolute atomic E-state index is 11.6. The van der Waals surface area contributed by atoms with E-state index in [2.05, 4.69) is 12.2 Å². The molecule has 4 nitrogen and oxygen atoms in total. The van der Waals surface area contributed by atoms with Crippen LogP contribution in [0.25, 0.3) is 0 Å². The zero-order valence-electron chi connectivity index (χ0n) is 12.3. The van der Waals surface area contributed by atoms with Crippen LogP contribution in [0.3, 0.4) is 0 Å². The molecule has 0 fully saturated rings. The lowest BCUT2D eigenvalue weighted by atomic mass is 9.93. The highest BCUT2D eigenvalue weighted by molar-refractivity contribution is 5.76. The second-order valence-electron chi connectivity index (χ2n) is 5.25. The van der Waals surface area contributed by atoms with E-state index >= 15 is 0 Å². The summed E-state index contributed by atoms with van der Waals surface area (Å²) in [5.74, 6) is 0.632. The van der Waals surface area contributed by atoms with Gasteiger partial charge in [-0.1, -0.05) is 12.1 Å². The fourth-order valence-electron chi connectivity index (χ4n) is 1.77. The maximum atomic E-state index is 11.6. The Morgan fingerprint density at radius 2 is 1.84 bits per heavy atom. The van der Waals surface area contributed by atoms with Crippen molar-refractivity contribution in [2.24, 2.45) is 5.41 Å². The number of carbonyl (C=O) groups excluding carboxylic acids is 1. The van der Waals surface area contributed by atoms with E-state index < -0.39 is 5.41 Å². The van der Waals surface area contributed by atoms with Gasteiger partial charge in [0.15, 0.2) is 0 Å². The summed E-state index contributed by atoms with van der Waals surface area (Å²) in [5, 5.41) is 3.35. The van der Waals surface area contributed by atoms with Crippen molar-refractivity contribution < 1.29 is 14.3 Å². The second kappa shape index (κ2) is 6.57. The summed E-state index contributed by atoms with van der Waals surface area (Å²) in [6.07, 6.45) is 0. The molecule has 1 atom stereocenters. The van der Waals surface area contributed by atoms with Gasteiger partial charge < -0.3 is 14.8 Å². The highest BCUT2D eigenvalue weighted by atomic mass is 16.5. The number of benzene rings is 1. The van der Waals surface area contributed by atoms with Crippen LogP contribution in [0.5, 0.6) is 5.75 Å². The summed E-state index contributed by atoms with van der Waals surface area (Å²) in [6.45, 7) is 6.36. The van der Waals surface area contributed by atoms with Crippen LogP contribution in [0.4, 0.5) is 0 Å². The number of rotatable bonds is 6. The van der Waals surface area contributed by atoms with Gasteiger partial charge in [-0.25, -0.2) is 0 Å². The van der Waals surface area contributed by atoms with Gasteiger partial charge in [0.25, 0.3) is 0 Å². The molecule has 0 radical (unpaired) electrons. The standard InChI is InChI=1S/C15H23NO3/c1-11(12-6-8-13(18-4)9-7-12)16-10-15(2,3)14(17)19-5/h6-9,11,16H,10H2,1-5H3/t11-/m1/s1. The first-order valence-corrected chi connectivity index (χ1v) is 6.36. The Bertz CT molecular complexity index is 412. The minimum Gasteiger partial charge on any atom is -0.497 e. The normalized spacial score (nSPS) is 12.9. The minimum atomic E-state index is -0.532. The van der Waals surface area contributed by atoms with E-state index in [9.17, 15) is 4.79 Å². The van der Waals surface area contributed by atoms with Crippen molar-refractivity contribution in [1.29, 1.82) is 0 Å². The Morgan fingerprint density at radius 3 is 2.32 bits per heavy atom. The smallest absolute Gasteiger partial charge is 0.312 e. The van der Waals surface area contributed by atoms with Crippen LogP contribution >= 0.6 is 0 Å². The number of hydrogen-bond acceptors (Lipinski definition) is 4. The lowest BCUT2D eigenvalue weighted by Gasteiger charge is -2.24. The van der Waals surface area contributed by atoms with E-state index in [-0.39, 0.29) is 12.0 Å². The number of carbonyl (C=O) groups is 1. The van der Waals surface area contributed by atoms with Crippen molar-refractivity contribution >= 4 is 5.97 Å². The summed E-state index contributed by atoms with van der Waals surface area (Å²) in [6, 6.07) is 8.05. The summed E-state index contributed by atoms with van der Waals surface area (Å²) in [5.41, 5.74) is 0.622. The molecule has 0 spiro atoms. The predicted molar refractivity (Wildman–Crippen MR) is 75.2 cm³/mol. The fourth-order valence-corrected chi connectivity index (χ4v) is 1.77. The first-order valence-electron chi connectivity index (χ1n) is 6.36. The first kappa shape index (κ1) is 15.5. The average Bonchev–Trinajstić information content (AvgIpc) is 2.43. The number of nitrogens with one attached hydrogen (secondary N) is 1. The van der Waals surface area contributed by atoms with Gasteiger partial charge in [-0.2, -0.15) is 0 Å². The van der Waals surface area contributed by atoms with Crippen LogP contribution < -0.4 is 10.1 Å². The lowest BCUT2D eigenvalue weighted by Crippen LogP contribution is -2.37. The number of esters is 1. The summed E-state index contributed by atoms with van der Waals surface area (Å²) in [7, 11) is 3.06. The summed E-state index contributed by atoms with van der Waals surface area (Å²) >= 11 is 0. The predicted octanol–water partition coefficient (Wildman–Crippen LogP) is 2.55. The van der Waals surface area contributed by atoms with E-state index in [1.807, 2.05) is 38.1 Å². The minimum absolute atomic E-state index is 0.162. The Kier molecular flexibility index (Phi) is 5.36. The molecule has 0 heterocycles. The Morgan fingerprint density at radius 1 is 1.26 bits per heavy atom. The number of ether oxygens (including phenoxy) is 2. The van der Waals surface area contributed by atoms with Crippen molar-refractivity contribution in [2.75, 3.05) is 20.8 Å². The van der Waals surface area contributed by atoms with Gasteiger partial charge in [0.05, 0.1) is 19.6 Å². The maximum Gasteiger partial charge on any atom is 0.312 e. The molecular weight excluding hydrogens is 242 g/mol. The first-order chi connectivity index (χ1) is 8.90. The molecule has 19 heavy (non-hydrogen) atoms. The molecule has 0 saturated heterocycles. The lowest BCUT2D eigenvalue weighted by molar-refractivity contribution is -0.150. The highest BCUT2D eigenvalue weighted by Gasteiger charge is 2.28. The third kappa shape index (κ3) is 4.24. The number of methoxy groups -OCH3 is 2. The van der Waals surface area contributed by atoms with Crippen molar-refractivity contribution in [3.63, 3.8) is 0 Å². The SMILES string of the molecule is COC(=O)C(C)(C)CN[C@H](C)c1ccc(OC)cc1. The molecule has 0 amide bonds. The van der Waals surface area contributed by atoms with E-state index in [0.717, 1.165) is 11.3 Å². The van der Waals surface area contributed by atoms with Crippen LogP contribution in [0.15, 0.2) is 24.3 Å². The van der Waals surface area contributed by atoms with Crippen molar-refractivity contribution in [1.82, 2.24) is 5.32 Å². The molecule has 4 heteroatoms. The summed E-state index contributed by atoms with van der Waals surface area (Å²) in [4.78, 5) is 11.6. The third-order valence-corrected chi connectivity index (χ3v) is 3.20. The Balaban J connectivity index is 2.59. The molecule has 0 aliphatic carbocycles. The van der Waals surface area contributed by atoms with Crippen LogP contribution in [-0.4, -0.2) is 26.7 Å². The molecule has 106 valence electrons. The topological polar surface area (TPSA) is 47.6 Å². The van der Waals surface area contributed by atoms with E-state index in [0.29, 0.717) is 6.54 Å². The monoisotopic (exact) mass is 265 g/mol. The zero-order chi connectivity index (χ0) is 14.5. The molecular formula is C15H23NO3. The van der Waals surface area contributed by atoms with Gasteiger partial charge in [0, 0.05) is 12.6 Å². The van der Waals surface area contributed by atoms with Gasteiger partial charge in [0.2, 0.25) is 0 Å². The quantitative estimate of drug-likeness (QED) is 0.803. The second-order valence-corrected chi connectivity index (χ2v) is 5.25. The molecule has 0 saturated carbocycles. The number of hydrogen-bond donors (Lipinski definition) is 1. The molecule has 1 aromatic carbocycles. The molecule has 0 aliphatic rings. The largest absolute Gasteiger partial charge is 0.497 e. The van der Waals surface area contributed by atoms with Gasteiger partial charge in [-0.05, 0) is 38.5 Å². The van der Waals surface area contributed by atoms with Crippen LogP contribution in [0, 0.1) is 5.41 Å². The van der Waals surface area contributed by atoms with Crippen LogP contribution in [-0.2, 0) is 9.53 Å². The zero-order valence-corrected chi connectivity index (χ0v) is 12.3. The molecule has 1 rings (SSSR count). The molecule has 1 aromatic rings. The summed E-state index contributed by atoms with van der Waals surface area (Å²) < 4.78 is 9.92. The van der Waals surface area contributed by atoms with E-state index in [1.54, 1.807) is 7.11 Å². The molecule has 0 aliphatic heterocycles. The molecule has 0 unspecified atom stereocenters. The van der Waals surface area contributed by atoms with Gasteiger partial charge in [-0.15, -0.1) is 0 Å². The Labute approximate surface area is 115 Å². The van der Waals surface area contributed by atoms with Crippen molar-refractivity contribution in [3.8, 4) is 5.75 Å². The van der Waals surface area contributed by atoms with E-state index in [4.69, 9.17) is 9.47 Å². The Hall–Kier alpha value is -1.55. The van der Waals surface area contributed by atoms with Gasteiger partial charge >= 0.3 is 5.97 Å².